The molecule has 2 aromatic rings. The second kappa shape index (κ2) is 5.87. The lowest BCUT2D eigenvalue weighted by molar-refractivity contribution is 0.635. The molecule has 18 heavy (non-hydrogen) atoms. The number of benzene rings is 1. The van der Waals surface area contributed by atoms with Crippen molar-refractivity contribution in [1.82, 2.24) is 10.4 Å². The molecule has 0 saturated heterocycles. The van der Waals surface area contributed by atoms with Gasteiger partial charge >= 0.3 is 0 Å². The van der Waals surface area contributed by atoms with Gasteiger partial charge in [-0.3, -0.25) is 5.84 Å². The Labute approximate surface area is 120 Å². The van der Waals surface area contributed by atoms with Crippen molar-refractivity contribution in [3.63, 3.8) is 0 Å². The van der Waals surface area contributed by atoms with E-state index in [4.69, 9.17) is 40.6 Å². The van der Waals surface area contributed by atoms with Crippen LogP contribution in [0, 0.1) is 0 Å². The topological polar surface area (TPSA) is 50.9 Å². The average Bonchev–Trinajstić information content (AvgIpc) is 2.37. The second-order valence-electron chi connectivity index (χ2n) is 3.68. The Bertz CT molecular complexity index is 543. The lowest BCUT2D eigenvalue weighted by atomic mass is 10.0. The first-order valence-electron chi connectivity index (χ1n) is 5.14. The van der Waals surface area contributed by atoms with Gasteiger partial charge in [0.1, 0.15) is 5.15 Å². The number of nitrogens with two attached hydrogens (primary N) is 1. The first kappa shape index (κ1) is 13.6. The maximum absolute atomic E-state index is 6.15. The van der Waals surface area contributed by atoms with Gasteiger partial charge in [0.15, 0.2) is 0 Å². The van der Waals surface area contributed by atoms with Crippen LogP contribution in [-0.2, 0) is 0 Å². The van der Waals surface area contributed by atoms with Crippen LogP contribution >= 0.6 is 34.8 Å². The third kappa shape index (κ3) is 2.94. The number of hydrogen-bond acceptors (Lipinski definition) is 3. The first-order chi connectivity index (χ1) is 8.61. The predicted octanol–water partition coefficient (Wildman–Crippen LogP) is 3.59. The molecule has 3 N–H and O–H groups in total. The molecule has 1 atom stereocenters. The summed E-state index contributed by atoms with van der Waals surface area (Å²) in [5.41, 5.74) is 4.34. The molecule has 2 rings (SSSR count). The van der Waals surface area contributed by atoms with Crippen LogP contribution in [0.2, 0.25) is 15.2 Å². The van der Waals surface area contributed by atoms with Gasteiger partial charge in [0.05, 0.1) is 6.04 Å². The van der Waals surface area contributed by atoms with Gasteiger partial charge < -0.3 is 0 Å². The summed E-state index contributed by atoms with van der Waals surface area (Å²) in [6, 6.07) is 8.45. The lowest BCUT2D eigenvalue weighted by Gasteiger charge is -2.18. The summed E-state index contributed by atoms with van der Waals surface area (Å²) in [7, 11) is 0. The Balaban J connectivity index is 2.44. The van der Waals surface area contributed by atoms with Crippen molar-refractivity contribution >= 4 is 34.8 Å². The molecule has 0 aliphatic heterocycles. The van der Waals surface area contributed by atoms with Gasteiger partial charge in [0.2, 0.25) is 0 Å². The Kier molecular flexibility index (Phi) is 4.43. The summed E-state index contributed by atoms with van der Waals surface area (Å²) in [4.78, 5) is 4.02. The SMILES string of the molecule is NNC(c1ccc(Cl)nc1)c1cc(Cl)ccc1Cl. The minimum atomic E-state index is -0.291. The molecule has 0 saturated carbocycles. The molecule has 0 bridgehead atoms. The van der Waals surface area contributed by atoms with E-state index in [1.807, 2.05) is 6.07 Å². The van der Waals surface area contributed by atoms with Crippen LogP contribution in [0.4, 0.5) is 0 Å². The molecule has 1 aromatic carbocycles. The number of aromatic nitrogens is 1. The van der Waals surface area contributed by atoms with Crippen LogP contribution in [0.1, 0.15) is 17.2 Å². The van der Waals surface area contributed by atoms with Crippen LogP contribution in [0.25, 0.3) is 0 Å². The minimum absolute atomic E-state index is 0.291. The standard InChI is InChI=1S/C12H10Cl3N3/c13-8-2-3-10(14)9(5-8)12(18-16)7-1-4-11(15)17-6-7/h1-6,12,18H,16H2. The van der Waals surface area contributed by atoms with E-state index in [0.29, 0.717) is 15.2 Å². The third-order valence-corrected chi connectivity index (χ3v) is 3.32. The van der Waals surface area contributed by atoms with Crippen molar-refractivity contribution in [2.24, 2.45) is 5.84 Å². The fraction of sp³-hybridized carbons (Fsp3) is 0.0833. The van der Waals surface area contributed by atoms with Gasteiger partial charge in [-0.25, -0.2) is 10.4 Å². The van der Waals surface area contributed by atoms with Crippen molar-refractivity contribution in [2.75, 3.05) is 0 Å². The molecule has 1 unspecified atom stereocenters. The van der Waals surface area contributed by atoms with Gasteiger partial charge in [0, 0.05) is 16.2 Å². The highest BCUT2D eigenvalue weighted by Crippen LogP contribution is 2.30. The second-order valence-corrected chi connectivity index (χ2v) is 4.91. The van der Waals surface area contributed by atoms with Gasteiger partial charge in [-0.2, -0.15) is 0 Å². The normalized spacial score (nSPS) is 12.4. The van der Waals surface area contributed by atoms with Crippen molar-refractivity contribution in [2.45, 2.75) is 6.04 Å². The number of rotatable bonds is 3. The fourth-order valence-electron chi connectivity index (χ4n) is 1.66. The van der Waals surface area contributed by atoms with Crippen LogP contribution in [0.5, 0.6) is 0 Å². The summed E-state index contributed by atoms with van der Waals surface area (Å²) in [5, 5.41) is 1.60. The molecule has 1 aromatic heterocycles. The molecule has 1 heterocycles. The molecule has 0 radical (unpaired) electrons. The number of hydrogen-bond donors (Lipinski definition) is 2. The van der Waals surface area contributed by atoms with Crippen LogP contribution in [-0.4, -0.2) is 4.98 Å². The third-order valence-electron chi connectivity index (χ3n) is 2.52. The molecule has 6 heteroatoms. The average molecular weight is 303 g/mol. The zero-order valence-electron chi connectivity index (χ0n) is 9.20. The van der Waals surface area contributed by atoms with Crippen molar-refractivity contribution in [3.05, 3.63) is 62.9 Å². The number of hydrazine groups is 1. The Morgan fingerprint density at radius 1 is 1.11 bits per heavy atom. The molecule has 0 amide bonds. The molecular weight excluding hydrogens is 293 g/mol. The summed E-state index contributed by atoms with van der Waals surface area (Å²) in [6.07, 6.45) is 1.64. The highest BCUT2D eigenvalue weighted by Gasteiger charge is 2.16. The van der Waals surface area contributed by atoms with Crippen LogP contribution in [0.3, 0.4) is 0 Å². The van der Waals surface area contributed by atoms with Crippen molar-refractivity contribution in [3.8, 4) is 0 Å². The van der Waals surface area contributed by atoms with E-state index in [9.17, 15) is 0 Å². The smallest absolute Gasteiger partial charge is 0.129 e. The van der Waals surface area contributed by atoms with E-state index in [0.717, 1.165) is 11.1 Å². The molecular formula is C12H10Cl3N3. The van der Waals surface area contributed by atoms with E-state index in [2.05, 4.69) is 10.4 Å². The fourth-order valence-corrected chi connectivity index (χ4v) is 2.18. The molecule has 3 nitrogen and oxygen atoms in total. The summed E-state index contributed by atoms with van der Waals surface area (Å²) >= 11 is 17.9. The zero-order valence-corrected chi connectivity index (χ0v) is 11.5. The maximum atomic E-state index is 6.15. The van der Waals surface area contributed by atoms with Crippen molar-refractivity contribution < 1.29 is 0 Å². The summed E-state index contributed by atoms with van der Waals surface area (Å²) < 4.78 is 0. The maximum Gasteiger partial charge on any atom is 0.129 e. The van der Waals surface area contributed by atoms with Gasteiger partial charge in [0.25, 0.3) is 0 Å². The zero-order chi connectivity index (χ0) is 13.1. The molecule has 0 fully saturated rings. The van der Waals surface area contributed by atoms with E-state index in [1.54, 1.807) is 30.5 Å². The van der Waals surface area contributed by atoms with Gasteiger partial charge in [-0.1, -0.05) is 40.9 Å². The highest BCUT2D eigenvalue weighted by atomic mass is 35.5. The largest absolute Gasteiger partial charge is 0.271 e. The van der Waals surface area contributed by atoms with Gasteiger partial charge in [-0.15, -0.1) is 0 Å². The van der Waals surface area contributed by atoms with Gasteiger partial charge in [-0.05, 0) is 35.4 Å². The summed E-state index contributed by atoms with van der Waals surface area (Å²) in [5.74, 6) is 5.58. The summed E-state index contributed by atoms with van der Waals surface area (Å²) in [6.45, 7) is 0. The molecule has 0 aliphatic carbocycles. The Morgan fingerprint density at radius 2 is 1.89 bits per heavy atom. The molecule has 0 aliphatic rings. The predicted molar refractivity (Wildman–Crippen MR) is 74.9 cm³/mol. The lowest BCUT2D eigenvalue weighted by Crippen LogP contribution is -2.29. The van der Waals surface area contributed by atoms with E-state index in [-0.39, 0.29) is 6.04 Å². The minimum Gasteiger partial charge on any atom is -0.271 e. The number of halogens is 3. The number of pyridine rings is 1. The quantitative estimate of drug-likeness (QED) is 0.517. The number of nitrogens with one attached hydrogen (secondary N) is 1. The van der Waals surface area contributed by atoms with E-state index >= 15 is 0 Å². The van der Waals surface area contributed by atoms with Crippen LogP contribution < -0.4 is 11.3 Å². The number of nitrogens with zero attached hydrogens (tertiary/aromatic N) is 1. The first-order valence-corrected chi connectivity index (χ1v) is 6.27. The van der Waals surface area contributed by atoms with Crippen LogP contribution in [0.15, 0.2) is 36.5 Å². The monoisotopic (exact) mass is 301 g/mol. The van der Waals surface area contributed by atoms with E-state index in [1.165, 1.54) is 0 Å². The molecule has 94 valence electrons. The highest BCUT2D eigenvalue weighted by molar-refractivity contribution is 6.33. The van der Waals surface area contributed by atoms with Crippen molar-refractivity contribution in [1.29, 1.82) is 0 Å². The Morgan fingerprint density at radius 3 is 2.50 bits per heavy atom. The molecule has 0 spiro atoms. The van der Waals surface area contributed by atoms with E-state index < -0.39 is 0 Å². The Hall–Kier alpha value is -0.840.